The van der Waals surface area contributed by atoms with E-state index in [1.165, 1.54) is 29.1 Å². The Morgan fingerprint density at radius 3 is 2.78 bits per heavy atom. The van der Waals surface area contributed by atoms with Crippen LogP contribution >= 0.6 is 34.9 Å². The number of hydrogen-bond donors (Lipinski definition) is 0. The average Bonchev–Trinajstić information content (AvgIpc) is 3.54. The third-order valence-corrected chi connectivity index (χ3v) is 9.19. The van der Waals surface area contributed by atoms with Crippen molar-refractivity contribution < 1.29 is 18.7 Å². The van der Waals surface area contributed by atoms with Crippen LogP contribution < -0.4 is 0 Å². The van der Waals surface area contributed by atoms with Gasteiger partial charge in [-0.05, 0) is 37.8 Å². The highest BCUT2D eigenvalue weighted by Gasteiger charge is 2.33. The maximum Gasteiger partial charge on any atom is 0.233 e. The molecule has 1 fully saturated rings. The molecule has 6 heterocycles. The molecule has 0 saturated carbocycles. The van der Waals surface area contributed by atoms with Crippen molar-refractivity contribution in [3.05, 3.63) is 29.5 Å². The van der Waals surface area contributed by atoms with Crippen molar-refractivity contribution in [2.45, 2.75) is 42.7 Å². The van der Waals surface area contributed by atoms with E-state index in [-0.39, 0.29) is 11.5 Å². The first-order valence-electron chi connectivity index (χ1n) is 11.8. The molecule has 1 saturated heterocycles. The number of carbonyl (C=O) groups is 1. The van der Waals surface area contributed by atoms with Crippen LogP contribution in [0.15, 0.2) is 33.0 Å². The smallest absolute Gasteiger partial charge is 0.233 e. The summed E-state index contributed by atoms with van der Waals surface area (Å²) in [5, 5.41) is 2.59. The second-order valence-electron chi connectivity index (χ2n) is 9.38. The number of pyridine rings is 1. The van der Waals surface area contributed by atoms with E-state index in [1.807, 2.05) is 23.3 Å². The number of hydrogen-bond acceptors (Lipinski definition) is 10. The monoisotopic (exact) mass is 542 g/mol. The molecule has 2 aliphatic rings. The van der Waals surface area contributed by atoms with Crippen molar-refractivity contribution >= 4 is 61.2 Å². The summed E-state index contributed by atoms with van der Waals surface area (Å²) in [6, 6.07) is 3.81. The van der Waals surface area contributed by atoms with E-state index >= 15 is 0 Å². The lowest BCUT2D eigenvalue weighted by molar-refractivity contribution is -0.132. The van der Waals surface area contributed by atoms with Crippen LogP contribution in [0, 0.1) is 0 Å². The van der Waals surface area contributed by atoms with E-state index in [0.29, 0.717) is 43.8 Å². The number of nitrogens with zero attached hydrogens (tertiary/aromatic N) is 4. The molecule has 0 aliphatic carbocycles. The predicted octanol–water partition coefficient (Wildman–Crippen LogP) is 5.02. The van der Waals surface area contributed by atoms with Crippen LogP contribution in [0.5, 0.6) is 0 Å². The topological polar surface area (TPSA) is 90.6 Å². The van der Waals surface area contributed by atoms with E-state index in [2.05, 4.69) is 13.8 Å². The Morgan fingerprint density at radius 1 is 1.19 bits per heavy atom. The molecular formula is C25H26N4O4S3. The summed E-state index contributed by atoms with van der Waals surface area (Å²) in [5.74, 6) is 1.17. The van der Waals surface area contributed by atoms with Gasteiger partial charge in [-0.3, -0.25) is 4.79 Å². The number of carbonyl (C=O) groups excluding carboxylic acids is 1. The zero-order valence-corrected chi connectivity index (χ0v) is 22.8. The Bertz CT molecular complexity index is 1450. The first-order valence-corrected chi connectivity index (χ1v) is 14.8. The van der Waals surface area contributed by atoms with Crippen LogP contribution in [0.2, 0.25) is 0 Å². The highest BCUT2D eigenvalue weighted by Crippen LogP contribution is 2.45. The van der Waals surface area contributed by atoms with Gasteiger partial charge in [0, 0.05) is 30.5 Å². The van der Waals surface area contributed by atoms with Gasteiger partial charge in [0.1, 0.15) is 15.6 Å². The molecule has 8 nitrogen and oxygen atoms in total. The first kappa shape index (κ1) is 24.2. The quantitative estimate of drug-likeness (QED) is 0.196. The fourth-order valence-electron chi connectivity index (χ4n) is 4.67. The van der Waals surface area contributed by atoms with Crippen molar-refractivity contribution in [2.75, 3.05) is 38.3 Å². The van der Waals surface area contributed by atoms with Crippen LogP contribution in [0.1, 0.15) is 25.0 Å². The lowest BCUT2D eigenvalue weighted by Gasteiger charge is -2.32. The average molecular weight is 543 g/mol. The summed E-state index contributed by atoms with van der Waals surface area (Å²) in [4.78, 5) is 30.4. The standard InChI is InChI=1S/C25H26N4O4S3/c1-25(2)11-14-15(12-33-25)19(16-5-4-8-32-16)26-22-18(14)20-21(36-22)23(28-24(27-20)34-3)35-13-17(30)29-6-9-31-10-7-29/h4-5,8H,6-7,9-13H2,1-3H3. The van der Waals surface area contributed by atoms with Crippen molar-refractivity contribution in [3.63, 3.8) is 0 Å². The van der Waals surface area contributed by atoms with Crippen molar-refractivity contribution in [1.29, 1.82) is 0 Å². The van der Waals surface area contributed by atoms with Gasteiger partial charge in [-0.25, -0.2) is 15.0 Å². The number of thioether (sulfide) groups is 2. The van der Waals surface area contributed by atoms with Gasteiger partial charge < -0.3 is 18.8 Å². The minimum atomic E-state index is -0.298. The van der Waals surface area contributed by atoms with Crippen LogP contribution in [0.4, 0.5) is 0 Å². The molecular weight excluding hydrogens is 517 g/mol. The molecule has 0 N–H and O–H groups in total. The van der Waals surface area contributed by atoms with Crippen molar-refractivity contribution in [3.8, 4) is 11.5 Å². The second kappa shape index (κ2) is 9.60. The van der Waals surface area contributed by atoms with Crippen LogP contribution in [0.3, 0.4) is 0 Å². The molecule has 2 aliphatic heterocycles. The Kier molecular flexibility index (Phi) is 6.45. The number of amides is 1. The molecule has 0 spiro atoms. The zero-order chi connectivity index (χ0) is 24.9. The molecule has 188 valence electrons. The maximum absolute atomic E-state index is 12.8. The number of aromatic nitrogens is 3. The van der Waals surface area contributed by atoms with Gasteiger partial charge in [0.2, 0.25) is 5.91 Å². The maximum atomic E-state index is 12.8. The van der Waals surface area contributed by atoms with E-state index in [1.54, 1.807) is 17.6 Å². The third-order valence-electron chi connectivity index (χ3n) is 6.47. The van der Waals surface area contributed by atoms with Crippen molar-refractivity contribution in [1.82, 2.24) is 19.9 Å². The number of fused-ring (bicyclic) bond motifs is 5. The molecule has 0 bridgehead atoms. The number of morpholine rings is 1. The van der Waals surface area contributed by atoms with Gasteiger partial charge in [0.25, 0.3) is 0 Å². The van der Waals surface area contributed by atoms with Crippen LogP contribution in [-0.4, -0.2) is 69.7 Å². The fraction of sp³-hybridized carbons (Fsp3) is 0.440. The zero-order valence-electron chi connectivity index (χ0n) is 20.3. The lowest BCUT2D eigenvalue weighted by Crippen LogP contribution is -2.41. The summed E-state index contributed by atoms with van der Waals surface area (Å²) in [6.07, 6.45) is 4.39. The molecule has 0 aromatic carbocycles. The molecule has 4 aromatic heterocycles. The van der Waals surface area contributed by atoms with Gasteiger partial charge in [0.15, 0.2) is 10.9 Å². The third kappa shape index (κ3) is 4.41. The fourth-order valence-corrected chi connectivity index (χ4v) is 7.25. The predicted molar refractivity (Wildman–Crippen MR) is 143 cm³/mol. The molecule has 0 atom stereocenters. The minimum absolute atomic E-state index is 0.108. The number of thiophene rings is 1. The van der Waals surface area contributed by atoms with Gasteiger partial charge in [-0.1, -0.05) is 23.5 Å². The SMILES string of the molecule is CSc1nc(SCC(=O)N2CCOCC2)c2sc3nc(-c4ccco4)c4c(c3c2n1)CC(C)(C)OC4. The number of furan rings is 1. The van der Waals surface area contributed by atoms with Gasteiger partial charge >= 0.3 is 0 Å². The second-order valence-corrected chi connectivity index (χ2v) is 12.1. The van der Waals surface area contributed by atoms with Crippen molar-refractivity contribution in [2.24, 2.45) is 0 Å². The molecule has 11 heteroatoms. The van der Waals surface area contributed by atoms with E-state index in [0.717, 1.165) is 48.9 Å². The van der Waals surface area contributed by atoms with E-state index in [9.17, 15) is 4.79 Å². The minimum Gasteiger partial charge on any atom is -0.463 e. The summed E-state index contributed by atoms with van der Waals surface area (Å²) in [5.41, 5.74) is 3.69. The van der Waals surface area contributed by atoms with E-state index < -0.39 is 0 Å². The summed E-state index contributed by atoms with van der Waals surface area (Å²) < 4.78 is 18.3. The summed E-state index contributed by atoms with van der Waals surface area (Å²) >= 11 is 4.57. The normalized spacial score (nSPS) is 17.6. The molecule has 1 amide bonds. The lowest BCUT2D eigenvalue weighted by atomic mass is 9.89. The largest absolute Gasteiger partial charge is 0.463 e. The summed E-state index contributed by atoms with van der Waals surface area (Å²) in [6.45, 7) is 7.16. The molecule has 6 rings (SSSR count). The molecule has 4 aromatic rings. The van der Waals surface area contributed by atoms with Gasteiger partial charge in [-0.2, -0.15) is 0 Å². The van der Waals surface area contributed by atoms with Gasteiger partial charge in [-0.15, -0.1) is 11.3 Å². The number of ether oxygens (including phenoxy) is 2. The molecule has 36 heavy (non-hydrogen) atoms. The molecule has 0 unspecified atom stereocenters. The van der Waals surface area contributed by atoms with Gasteiger partial charge in [0.05, 0.1) is 47.7 Å². The number of rotatable bonds is 5. The highest BCUT2D eigenvalue weighted by molar-refractivity contribution is 8.00. The van der Waals surface area contributed by atoms with Crippen LogP contribution in [-0.2, 0) is 27.3 Å². The van der Waals surface area contributed by atoms with E-state index in [4.69, 9.17) is 28.8 Å². The Hall–Kier alpha value is -2.18. The first-order chi connectivity index (χ1) is 17.4. The summed E-state index contributed by atoms with van der Waals surface area (Å²) in [7, 11) is 0. The van der Waals surface area contributed by atoms with Crippen LogP contribution in [0.25, 0.3) is 31.9 Å². The highest BCUT2D eigenvalue weighted by atomic mass is 32.2. The Labute approximate surface area is 221 Å². The Balaban J connectivity index is 1.49. The molecule has 0 radical (unpaired) electrons. The Morgan fingerprint density at radius 2 is 2.03 bits per heavy atom.